The van der Waals surface area contributed by atoms with Gasteiger partial charge in [0.15, 0.2) is 6.61 Å². The monoisotopic (exact) mass is 360 g/mol. The van der Waals surface area contributed by atoms with Crippen molar-refractivity contribution in [3.8, 4) is 5.75 Å². The zero-order chi connectivity index (χ0) is 19.2. The van der Waals surface area contributed by atoms with E-state index < -0.39 is 37.7 Å². The van der Waals surface area contributed by atoms with Gasteiger partial charge in [-0.1, -0.05) is 26.0 Å². The Bertz CT molecular complexity index is 584. The van der Waals surface area contributed by atoms with Crippen LogP contribution in [0.25, 0.3) is 0 Å². The van der Waals surface area contributed by atoms with E-state index in [0.717, 1.165) is 10.5 Å². The second-order valence-electron chi connectivity index (χ2n) is 6.17. The molecule has 0 aliphatic rings. The molecule has 0 saturated carbocycles. The van der Waals surface area contributed by atoms with E-state index in [1.54, 1.807) is 12.1 Å². The van der Waals surface area contributed by atoms with Crippen LogP contribution < -0.4 is 4.74 Å². The minimum absolute atomic E-state index is 0.329. The Hall–Kier alpha value is -2.25. The first kappa shape index (κ1) is 20.8. The molecule has 0 saturated heterocycles. The average Bonchev–Trinajstić information content (AvgIpc) is 2.50. The van der Waals surface area contributed by atoms with Crippen LogP contribution in [-0.4, -0.2) is 61.6 Å². The number of hydrogen-bond acceptors (Lipinski definition) is 3. The zero-order valence-electron chi connectivity index (χ0n) is 14.8. The van der Waals surface area contributed by atoms with Crippen LogP contribution in [0.15, 0.2) is 24.3 Å². The fourth-order valence-electron chi connectivity index (χ4n) is 1.94. The van der Waals surface area contributed by atoms with E-state index in [0.29, 0.717) is 16.6 Å². The summed E-state index contributed by atoms with van der Waals surface area (Å²) in [5.41, 5.74) is 1.08. The van der Waals surface area contributed by atoms with Crippen LogP contribution in [0.2, 0.25) is 0 Å². The summed E-state index contributed by atoms with van der Waals surface area (Å²) in [6, 6.07) is 6.96. The Kier molecular flexibility index (Phi) is 7.26. The van der Waals surface area contributed by atoms with Gasteiger partial charge in [0.2, 0.25) is 5.91 Å². The highest BCUT2D eigenvalue weighted by atomic mass is 19.4. The lowest BCUT2D eigenvalue weighted by atomic mass is 10.0. The third-order valence-corrected chi connectivity index (χ3v) is 3.46. The lowest BCUT2D eigenvalue weighted by Gasteiger charge is -2.24. The predicted octanol–water partition coefficient (Wildman–Crippen LogP) is 2.67. The fourth-order valence-corrected chi connectivity index (χ4v) is 1.94. The SMILES string of the molecule is CC(C)c1ccc(OCC(=O)N(CC(=O)N(C)C)CC(F)(F)F)cc1. The number of carbonyl (C=O) groups excluding carboxylic acids is 2. The van der Waals surface area contributed by atoms with Crippen LogP contribution in [0, 0.1) is 0 Å². The van der Waals surface area contributed by atoms with Gasteiger partial charge in [-0.15, -0.1) is 0 Å². The maximum Gasteiger partial charge on any atom is 0.406 e. The number of rotatable bonds is 7. The molecular formula is C17H23F3N2O3. The van der Waals surface area contributed by atoms with Crippen LogP contribution >= 0.6 is 0 Å². The lowest BCUT2D eigenvalue weighted by Crippen LogP contribution is -2.46. The minimum atomic E-state index is -4.60. The average molecular weight is 360 g/mol. The summed E-state index contributed by atoms with van der Waals surface area (Å²) in [7, 11) is 2.82. The molecule has 0 heterocycles. The zero-order valence-corrected chi connectivity index (χ0v) is 14.8. The van der Waals surface area contributed by atoms with Gasteiger partial charge in [0.05, 0.1) is 0 Å². The van der Waals surface area contributed by atoms with Crippen molar-refractivity contribution in [2.45, 2.75) is 25.9 Å². The number of amides is 2. The molecule has 0 aliphatic carbocycles. The number of carbonyl (C=O) groups is 2. The summed E-state index contributed by atoms with van der Waals surface area (Å²) >= 11 is 0. The maximum atomic E-state index is 12.6. The molecule has 1 aromatic carbocycles. The summed E-state index contributed by atoms with van der Waals surface area (Å²) in [6.07, 6.45) is -4.60. The van der Waals surface area contributed by atoms with E-state index in [1.807, 2.05) is 26.0 Å². The second kappa shape index (κ2) is 8.73. The number of ether oxygens (including phenoxy) is 1. The second-order valence-corrected chi connectivity index (χ2v) is 6.17. The van der Waals surface area contributed by atoms with E-state index in [2.05, 4.69) is 0 Å². The highest BCUT2D eigenvalue weighted by Gasteiger charge is 2.34. The van der Waals surface area contributed by atoms with Crippen LogP contribution in [-0.2, 0) is 9.59 Å². The van der Waals surface area contributed by atoms with Gasteiger partial charge >= 0.3 is 6.18 Å². The molecule has 0 bridgehead atoms. The fraction of sp³-hybridized carbons (Fsp3) is 0.529. The highest BCUT2D eigenvalue weighted by molar-refractivity contribution is 5.85. The molecule has 8 heteroatoms. The van der Waals surface area contributed by atoms with Crippen molar-refractivity contribution in [2.75, 3.05) is 33.8 Å². The largest absolute Gasteiger partial charge is 0.484 e. The van der Waals surface area contributed by atoms with Gasteiger partial charge in [-0.3, -0.25) is 9.59 Å². The Morgan fingerprint density at radius 1 is 1.08 bits per heavy atom. The summed E-state index contributed by atoms with van der Waals surface area (Å²) < 4.78 is 43.2. The standard InChI is InChI=1S/C17H23F3N2O3/c1-12(2)13-5-7-14(8-6-13)25-10-16(24)22(11-17(18,19)20)9-15(23)21(3)4/h5-8,12H,9-11H2,1-4H3. The van der Waals surface area contributed by atoms with Gasteiger partial charge in [0.1, 0.15) is 18.8 Å². The van der Waals surface area contributed by atoms with E-state index in [-0.39, 0.29) is 0 Å². The first-order chi connectivity index (χ1) is 11.5. The summed E-state index contributed by atoms with van der Waals surface area (Å²) in [5, 5.41) is 0. The van der Waals surface area contributed by atoms with Crippen molar-refractivity contribution in [3.05, 3.63) is 29.8 Å². The summed E-state index contributed by atoms with van der Waals surface area (Å²) in [6.45, 7) is 1.33. The van der Waals surface area contributed by atoms with Crippen LogP contribution in [0.3, 0.4) is 0 Å². The van der Waals surface area contributed by atoms with Crippen molar-refractivity contribution < 1.29 is 27.5 Å². The summed E-state index contributed by atoms with van der Waals surface area (Å²) in [4.78, 5) is 25.3. The maximum absolute atomic E-state index is 12.6. The Labute approximate surface area is 145 Å². The van der Waals surface area contributed by atoms with Gasteiger partial charge in [-0.25, -0.2) is 0 Å². The van der Waals surface area contributed by atoms with Gasteiger partial charge in [0, 0.05) is 14.1 Å². The third-order valence-electron chi connectivity index (χ3n) is 3.46. The highest BCUT2D eigenvalue weighted by Crippen LogP contribution is 2.19. The molecule has 25 heavy (non-hydrogen) atoms. The Balaban J connectivity index is 2.71. The first-order valence-corrected chi connectivity index (χ1v) is 7.77. The molecular weight excluding hydrogens is 337 g/mol. The molecule has 0 unspecified atom stereocenters. The molecule has 0 spiro atoms. The normalized spacial score (nSPS) is 11.4. The number of alkyl halides is 3. The Morgan fingerprint density at radius 2 is 1.64 bits per heavy atom. The van der Waals surface area contributed by atoms with Crippen LogP contribution in [0.5, 0.6) is 5.75 Å². The molecule has 0 radical (unpaired) electrons. The molecule has 0 aromatic heterocycles. The molecule has 0 aliphatic heterocycles. The van der Waals surface area contributed by atoms with Crippen molar-refractivity contribution in [1.29, 1.82) is 0 Å². The van der Waals surface area contributed by atoms with Crippen molar-refractivity contribution in [1.82, 2.24) is 9.80 Å². The van der Waals surface area contributed by atoms with Gasteiger partial charge in [-0.2, -0.15) is 13.2 Å². The molecule has 0 atom stereocenters. The molecule has 5 nitrogen and oxygen atoms in total. The number of likely N-dealkylation sites (N-methyl/N-ethyl adjacent to an activating group) is 1. The Morgan fingerprint density at radius 3 is 2.08 bits per heavy atom. The minimum Gasteiger partial charge on any atom is -0.484 e. The van der Waals surface area contributed by atoms with Crippen LogP contribution in [0.4, 0.5) is 13.2 Å². The van der Waals surface area contributed by atoms with E-state index in [4.69, 9.17) is 4.74 Å². The van der Waals surface area contributed by atoms with Crippen molar-refractivity contribution in [2.24, 2.45) is 0 Å². The van der Waals surface area contributed by atoms with Crippen molar-refractivity contribution >= 4 is 11.8 Å². The topological polar surface area (TPSA) is 49.9 Å². The van der Waals surface area contributed by atoms with Gasteiger partial charge < -0.3 is 14.5 Å². The molecule has 140 valence electrons. The molecule has 0 N–H and O–H groups in total. The van der Waals surface area contributed by atoms with E-state index >= 15 is 0 Å². The quantitative estimate of drug-likeness (QED) is 0.751. The number of nitrogens with zero attached hydrogens (tertiary/aromatic N) is 2. The number of benzene rings is 1. The van der Waals surface area contributed by atoms with E-state index in [9.17, 15) is 22.8 Å². The molecule has 1 aromatic rings. The molecule has 0 fully saturated rings. The van der Waals surface area contributed by atoms with Gasteiger partial charge in [-0.05, 0) is 23.6 Å². The van der Waals surface area contributed by atoms with E-state index in [1.165, 1.54) is 14.1 Å². The first-order valence-electron chi connectivity index (χ1n) is 7.77. The molecule has 2 amide bonds. The van der Waals surface area contributed by atoms with Gasteiger partial charge in [0.25, 0.3) is 5.91 Å². The van der Waals surface area contributed by atoms with Crippen LogP contribution in [0.1, 0.15) is 25.3 Å². The summed E-state index contributed by atoms with van der Waals surface area (Å²) in [5.74, 6) is -0.794. The number of halogens is 3. The lowest BCUT2D eigenvalue weighted by molar-refractivity contribution is -0.165. The molecule has 1 rings (SSSR count). The van der Waals surface area contributed by atoms with Crippen molar-refractivity contribution in [3.63, 3.8) is 0 Å². The predicted molar refractivity (Wildman–Crippen MR) is 87.4 cm³/mol. The smallest absolute Gasteiger partial charge is 0.406 e. The third kappa shape index (κ3) is 7.45. The number of hydrogen-bond donors (Lipinski definition) is 0.